The minimum atomic E-state index is -0.280. The molecule has 1 aromatic rings. The van der Waals surface area contributed by atoms with Gasteiger partial charge in [-0.2, -0.15) is 0 Å². The van der Waals surface area contributed by atoms with Gasteiger partial charge in [-0.25, -0.2) is 4.39 Å². The number of aryl methyl sites for hydroxylation is 1. The van der Waals surface area contributed by atoms with Gasteiger partial charge in [0.25, 0.3) is 0 Å². The molecule has 0 heterocycles. The molecule has 0 spiro atoms. The third-order valence-corrected chi connectivity index (χ3v) is 3.44. The van der Waals surface area contributed by atoms with Crippen LogP contribution in [0.2, 0.25) is 0 Å². The number of hydrogen-bond donors (Lipinski definition) is 2. The van der Waals surface area contributed by atoms with Crippen molar-refractivity contribution in [3.05, 3.63) is 35.1 Å². The van der Waals surface area contributed by atoms with Crippen LogP contribution in [0, 0.1) is 18.7 Å². The molecule has 1 aliphatic rings. The molecule has 0 saturated heterocycles. The van der Waals surface area contributed by atoms with Crippen LogP contribution >= 0.6 is 0 Å². The topological polar surface area (TPSA) is 47.3 Å². The summed E-state index contributed by atoms with van der Waals surface area (Å²) in [4.78, 5) is 0. The average molecular weight is 252 g/mol. The highest BCUT2D eigenvalue weighted by atomic mass is 19.1. The molecule has 2 unspecified atom stereocenters. The van der Waals surface area contributed by atoms with Gasteiger partial charge >= 0.3 is 0 Å². The smallest absolute Gasteiger partial charge is 0.128 e. The van der Waals surface area contributed by atoms with Gasteiger partial charge in [-0.05, 0) is 38.7 Å². The van der Waals surface area contributed by atoms with Gasteiger partial charge in [0.1, 0.15) is 5.82 Å². The lowest BCUT2D eigenvalue weighted by Gasteiger charge is -2.27. The monoisotopic (exact) mass is 252 g/mol. The predicted octanol–water partition coefficient (Wildman–Crippen LogP) is 2.45. The van der Waals surface area contributed by atoms with Crippen molar-refractivity contribution in [2.45, 2.75) is 38.8 Å². The van der Waals surface area contributed by atoms with Crippen molar-refractivity contribution >= 4 is 0 Å². The highest BCUT2D eigenvalue weighted by Crippen LogP contribution is 2.40. The van der Waals surface area contributed by atoms with E-state index in [9.17, 15) is 4.39 Å². The van der Waals surface area contributed by atoms with Crippen molar-refractivity contribution in [2.24, 2.45) is 11.8 Å². The van der Waals surface area contributed by atoms with Crippen LogP contribution in [0.15, 0.2) is 18.2 Å². The second kappa shape index (κ2) is 5.78. The summed E-state index contributed by atoms with van der Waals surface area (Å²) in [7, 11) is 0. The van der Waals surface area contributed by atoms with Crippen LogP contribution in [0.4, 0.5) is 4.39 Å². The summed E-state index contributed by atoms with van der Waals surface area (Å²) in [6.45, 7) is 4.52. The second-order valence-electron chi connectivity index (χ2n) is 4.93. The van der Waals surface area contributed by atoms with Crippen molar-refractivity contribution in [3.8, 4) is 0 Å². The number of nitrogens with two attached hydrogens (primary N) is 1. The Hall–Kier alpha value is -0.970. The van der Waals surface area contributed by atoms with Gasteiger partial charge in [-0.1, -0.05) is 17.7 Å². The normalized spacial score (nSPS) is 18.7. The first-order valence-electron chi connectivity index (χ1n) is 6.51. The molecular formula is C14H21FN2O. The van der Waals surface area contributed by atoms with Gasteiger partial charge in [0.05, 0.1) is 12.1 Å². The number of hydrogen-bond acceptors (Lipinski definition) is 3. The van der Waals surface area contributed by atoms with Crippen LogP contribution in [-0.2, 0) is 4.74 Å². The zero-order valence-corrected chi connectivity index (χ0v) is 10.9. The SMILES string of the molecule is CCOC(C1CC1)C(NN)c1cc(C)ccc1F. The summed E-state index contributed by atoms with van der Waals surface area (Å²) in [5.74, 6) is 5.89. The predicted molar refractivity (Wildman–Crippen MR) is 69.3 cm³/mol. The van der Waals surface area contributed by atoms with Gasteiger partial charge in [0.2, 0.25) is 0 Å². The maximum Gasteiger partial charge on any atom is 0.128 e. The molecule has 1 aliphatic carbocycles. The fraction of sp³-hybridized carbons (Fsp3) is 0.571. The molecule has 2 atom stereocenters. The Morgan fingerprint density at radius 2 is 2.22 bits per heavy atom. The fourth-order valence-corrected chi connectivity index (χ4v) is 2.38. The summed E-state index contributed by atoms with van der Waals surface area (Å²) < 4.78 is 19.7. The molecule has 0 bridgehead atoms. The Labute approximate surface area is 107 Å². The molecule has 0 aromatic heterocycles. The van der Waals surface area contributed by atoms with Crippen LogP contribution in [0.1, 0.15) is 36.9 Å². The molecule has 0 amide bonds. The molecule has 1 saturated carbocycles. The Morgan fingerprint density at radius 1 is 1.50 bits per heavy atom. The van der Waals surface area contributed by atoms with E-state index in [2.05, 4.69) is 5.43 Å². The van der Waals surface area contributed by atoms with E-state index in [0.717, 1.165) is 18.4 Å². The van der Waals surface area contributed by atoms with Crippen molar-refractivity contribution in [3.63, 3.8) is 0 Å². The van der Waals surface area contributed by atoms with Crippen LogP contribution in [-0.4, -0.2) is 12.7 Å². The number of hydrazine groups is 1. The van der Waals surface area contributed by atoms with E-state index in [4.69, 9.17) is 10.6 Å². The van der Waals surface area contributed by atoms with Crippen LogP contribution in [0.3, 0.4) is 0 Å². The number of rotatable bonds is 6. The van der Waals surface area contributed by atoms with Gasteiger partial charge in [-0.15, -0.1) is 0 Å². The van der Waals surface area contributed by atoms with Gasteiger partial charge in [0.15, 0.2) is 0 Å². The maximum absolute atomic E-state index is 13.9. The van der Waals surface area contributed by atoms with E-state index >= 15 is 0 Å². The van der Waals surface area contributed by atoms with Crippen molar-refractivity contribution < 1.29 is 9.13 Å². The molecule has 3 nitrogen and oxygen atoms in total. The Morgan fingerprint density at radius 3 is 2.78 bits per heavy atom. The summed E-state index contributed by atoms with van der Waals surface area (Å²) in [6, 6.07) is 4.82. The second-order valence-corrected chi connectivity index (χ2v) is 4.93. The van der Waals surface area contributed by atoms with Gasteiger partial charge < -0.3 is 4.74 Å². The van der Waals surface area contributed by atoms with Crippen LogP contribution < -0.4 is 11.3 Å². The minimum absolute atomic E-state index is 0.0451. The van der Waals surface area contributed by atoms with E-state index in [0.29, 0.717) is 18.1 Å². The Bertz CT molecular complexity index is 407. The van der Waals surface area contributed by atoms with Crippen molar-refractivity contribution in [1.82, 2.24) is 5.43 Å². The van der Waals surface area contributed by atoms with E-state index < -0.39 is 0 Å². The minimum Gasteiger partial charge on any atom is -0.376 e. The molecule has 100 valence electrons. The summed E-state index contributed by atoms with van der Waals surface area (Å²) >= 11 is 0. The quantitative estimate of drug-likeness (QED) is 0.604. The van der Waals surface area contributed by atoms with E-state index in [1.807, 2.05) is 19.9 Å². The third-order valence-electron chi connectivity index (χ3n) is 3.44. The standard InChI is InChI=1S/C14H21FN2O/c1-3-18-14(10-5-6-10)13(17-16)11-8-9(2)4-7-12(11)15/h4,7-8,10,13-14,17H,3,5-6,16H2,1-2H3. The molecule has 0 radical (unpaired) electrons. The first-order chi connectivity index (χ1) is 8.67. The molecule has 1 aromatic carbocycles. The fourth-order valence-electron chi connectivity index (χ4n) is 2.38. The van der Waals surface area contributed by atoms with Crippen molar-refractivity contribution in [1.29, 1.82) is 0 Å². The van der Waals surface area contributed by atoms with Gasteiger partial charge in [0, 0.05) is 12.2 Å². The first kappa shape index (κ1) is 13.5. The largest absolute Gasteiger partial charge is 0.376 e. The number of ether oxygens (including phenoxy) is 1. The van der Waals surface area contributed by atoms with E-state index in [-0.39, 0.29) is 18.0 Å². The maximum atomic E-state index is 13.9. The first-order valence-corrected chi connectivity index (χ1v) is 6.51. The van der Waals surface area contributed by atoms with E-state index in [1.165, 1.54) is 6.07 Å². The Kier molecular flexibility index (Phi) is 4.32. The zero-order chi connectivity index (χ0) is 13.1. The third kappa shape index (κ3) is 2.88. The Balaban J connectivity index is 2.27. The number of nitrogens with one attached hydrogen (secondary N) is 1. The molecule has 4 heteroatoms. The lowest BCUT2D eigenvalue weighted by Crippen LogP contribution is -2.39. The summed E-state index contributed by atoms with van der Waals surface area (Å²) in [5, 5.41) is 0. The zero-order valence-electron chi connectivity index (χ0n) is 10.9. The molecule has 0 aliphatic heterocycles. The number of halogens is 1. The highest BCUT2D eigenvalue weighted by molar-refractivity contribution is 5.28. The lowest BCUT2D eigenvalue weighted by molar-refractivity contribution is 0.0176. The van der Waals surface area contributed by atoms with Crippen LogP contribution in [0.5, 0.6) is 0 Å². The molecule has 2 rings (SSSR count). The van der Waals surface area contributed by atoms with Crippen LogP contribution in [0.25, 0.3) is 0 Å². The summed E-state index contributed by atoms with van der Waals surface area (Å²) in [5.41, 5.74) is 4.35. The average Bonchev–Trinajstić information content (AvgIpc) is 3.17. The lowest BCUT2D eigenvalue weighted by atomic mass is 9.96. The van der Waals surface area contributed by atoms with Crippen molar-refractivity contribution in [2.75, 3.05) is 6.61 Å². The molecule has 18 heavy (non-hydrogen) atoms. The highest BCUT2D eigenvalue weighted by Gasteiger charge is 2.38. The molecular weight excluding hydrogens is 231 g/mol. The number of benzene rings is 1. The molecule has 1 fully saturated rings. The van der Waals surface area contributed by atoms with E-state index in [1.54, 1.807) is 6.07 Å². The van der Waals surface area contributed by atoms with Gasteiger partial charge in [-0.3, -0.25) is 11.3 Å². The summed E-state index contributed by atoms with van der Waals surface area (Å²) in [6.07, 6.45) is 2.23. The molecule has 3 N–H and O–H groups in total.